The monoisotopic (exact) mass is 307 g/mol. The van der Waals surface area contributed by atoms with E-state index in [1.54, 1.807) is 6.92 Å². The highest BCUT2D eigenvalue weighted by Crippen LogP contribution is 2.25. The molecule has 1 amide bonds. The second-order valence-electron chi connectivity index (χ2n) is 5.21. The van der Waals surface area contributed by atoms with Gasteiger partial charge in [0.2, 0.25) is 11.8 Å². The number of halogens is 2. The van der Waals surface area contributed by atoms with E-state index in [1.807, 2.05) is 4.90 Å². The van der Waals surface area contributed by atoms with Gasteiger partial charge in [-0.05, 0) is 25.1 Å². The van der Waals surface area contributed by atoms with Crippen molar-refractivity contribution < 1.29 is 18.0 Å². The van der Waals surface area contributed by atoms with Crippen LogP contribution in [0, 0.1) is 18.6 Å². The summed E-state index contributed by atoms with van der Waals surface area (Å²) in [5, 5.41) is 2.74. The largest absolute Gasteiger partial charge is 0.441 e. The molecule has 7 heteroatoms. The van der Waals surface area contributed by atoms with Crippen molar-refractivity contribution in [2.45, 2.75) is 13.5 Å². The lowest BCUT2D eigenvalue weighted by atomic mass is 10.2. The summed E-state index contributed by atoms with van der Waals surface area (Å²) >= 11 is 0. The van der Waals surface area contributed by atoms with Crippen molar-refractivity contribution in [1.29, 1.82) is 0 Å². The zero-order chi connectivity index (χ0) is 15.7. The molecular weight excluding hydrogens is 292 g/mol. The minimum Gasteiger partial charge on any atom is -0.441 e. The average Bonchev–Trinajstić information content (AvgIpc) is 2.83. The fourth-order valence-corrected chi connectivity index (χ4v) is 2.39. The SMILES string of the molecule is Cc1oc(-c2cc(F)ccc2F)nc1CN1CCNC(=O)C1. The molecule has 1 N–H and O–H groups in total. The number of aromatic nitrogens is 1. The Balaban J connectivity index is 1.84. The van der Waals surface area contributed by atoms with Gasteiger partial charge in [0.05, 0.1) is 17.8 Å². The van der Waals surface area contributed by atoms with E-state index in [4.69, 9.17) is 4.42 Å². The standard InChI is InChI=1S/C15H15F2N3O2/c1-9-13(7-20-5-4-18-14(21)8-20)19-15(22-9)11-6-10(16)2-3-12(11)17/h2-3,6H,4-5,7-8H2,1H3,(H,18,21). The molecule has 0 radical (unpaired) electrons. The second-order valence-corrected chi connectivity index (χ2v) is 5.21. The number of carbonyl (C=O) groups is 1. The van der Waals surface area contributed by atoms with E-state index >= 15 is 0 Å². The van der Waals surface area contributed by atoms with Gasteiger partial charge in [-0.25, -0.2) is 13.8 Å². The third-order valence-electron chi connectivity index (χ3n) is 3.54. The van der Waals surface area contributed by atoms with Gasteiger partial charge < -0.3 is 9.73 Å². The van der Waals surface area contributed by atoms with E-state index in [9.17, 15) is 13.6 Å². The second kappa shape index (κ2) is 5.84. The summed E-state index contributed by atoms with van der Waals surface area (Å²) < 4.78 is 32.5. The van der Waals surface area contributed by atoms with Gasteiger partial charge in [0, 0.05) is 19.6 Å². The molecule has 5 nitrogen and oxygen atoms in total. The highest BCUT2D eigenvalue weighted by molar-refractivity contribution is 5.78. The molecule has 1 aliphatic rings. The van der Waals surface area contributed by atoms with Crippen molar-refractivity contribution in [3.05, 3.63) is 41.3 Å². The van der Waals surface area contributed by atoms with Crippen LogP contribution in [0.5, 0.6) is 0 Å². The predicted molar refractivity (Wildman–Crippen MR) is 74.9 cm³/mol. The third-order valence-corrected chi connectivity index (χ3v) is 3.54. The number of amides is 1. The maximum Gasteiger partial charge on any atom is 0.234 e. The van der Waals surface area contributed by atoms with Gasteiger partial charge in [-0.1, -0.05) is 0 Å². The predicted octanol–water partition coefficient (Wildman–Crippen LogP) is 1.86. The molecular formula is C15H15F2N3O2. The highest BCUT2D eigenvalue weighted by Gasteiger charge is 2.21. The molecule has 1 saturated heterocycles. The van der Waals surface area contributed by atoms with Crippen LogP contribution in [0.3, 0.4) is 0 Å². The van der Waals surface area contributed by atoms with Gasteiger partial charge >= 0.3 is 0 Å². The molecule has 1 fully saturated rings. The van der Waals surface area contributed by atoms with E-state index in [0.29, 0.717) is 31.1 Å². The number of hydrogen-bond acceptors (Lipinski definition) is 4. The normalized spacial score (nSPS) is 15.9. The summed E-state index contributed by atoms with van der Waals surface area (Å²) in [6, 6.07) is 3.14. The molecule has 116 valence electrons. The van der Waals surface area contributed by atoms with Crippen molar-refractivity contribution in [2.24, 2.45) is 0 Å². The van der Waals surface area contributed by atoms with Gasteiger partial charge in [-0.3, -0.25) is 9.69 Å². The smallest absolute Gasteiger partial charge is 0.234 e. The number of nitrogens with zero attached hydrogens (tertiary/aromatic N) is 2. The van der Waals surface area contributed by atoms with E-state index < -0.39 is 11.6 Å². The Morgan fingerprint density at radius 2 is 2.23 bits per heavy atom. The molecule has 1 aromatic carbocycles. The van der Waals surface area contributed by atoms with Crippen LogP contribution in [0.15, 0.2) is 22.6 Å². The lowest BCUT2D eigenvalue weighted by Gasteiger charge is -2.25. The number of carbonyl (C=O) groups excluding carboxylic acids is 1. The highest BCUT2D eigenvalue weighted by atomic mass is 19.1. The first kappa shape index (κ1) is 14.6. The molecule has 2 aromatic rings. The molecule has 1 aromatic heterocycles. The van der Waals surface area contributed by atoms with Crippen molar-refractivity contribution in [1.82, 2.24) is 15.2 Å². The molecule has 0 bridgehead atoms. The topological polar surface area (TPSA) is 58.4 Å². The Labute approximate surface area is 125 Å². The maximum absolute atomic E-state index is 13.8. The summed E-state index contributed by atoms with van der Waals surface area (Å²) in [4.78, 5) is 17.5. The number of piperazine rings is 1. The lowest BCUT2D eigenvalue weighted by molar-refractivity contribution is -0.124. The van der Waals surface area contributed by atoms with E-state index in [-0.39, 0.29) is 23.9 Å². The molecule has 1 aliphatic heterocycles. The molecule has 0 aliphatic carbocycles. The first-order valence-corrected chi connectivity index (χ1v) is 6.93. The Morgan fingerprint density at radius 1 is 1.41 bits per heavy atom. The Hall–Kier alpha value is -2.28. The zero-order valence-electron chi connectivity index (χ0n) is 12.0. The quantitative estimate of drug-likeness (QED) is 0.940. The number of rotatable bonds is 3. The Morgan fingerprint density at radius 3 is 3.00 bits per heavy atom. The minimum absolute atomic E-state index is 0.00858. The van der Waals surface area contributed by atoms with Crippen molar-refractivity contribution >= 4 is 5.91 Å². The fourth-order valence-electron chi connectivity index (χ4n) is 2.39. The van der Waals surface area contributed by atoms with Crippen LogP contribution in [-0.2, 0) is 11.3 Å². The summed E-state index contributed by atoms with van der Waals surface area (Å²) in [6.07, 6.45) is 0. The number of benzene rings is 1. The van der Waals surface area contributed by atoms with Crippen molar-refractivity contribution in [2.75, 3.05) is 19.6 Å². The summed E-state index contributed by atoms with van der Waals surface area (Å²) in [5.74, 6) is -0.604. The summed E-state index contributed by atoms with van der Waals surface area (Å²) in [5.41, 5.74) is 0.610. The minimum atomic E-state index is -0.591. The van der Waals surface area contributed by atoms with Crippen LogP contribution in [0.25, 0.3) is 11.5 Å². The molecule has 3 rings (SSSR count). The molecule has 0 unspecified atom stereocenters. The van der Waals surface area contributed by atoms with Crippen molar-refractivity contribution in [3.8, 4) is 11.5 Å². The van der Waals surface area contributed by atoms with Gasteiger partial charge in [-0.2, -0.15) is 0 Å². The third kappa shape index (κ3) is 2.99. The van der Waals surface area contributed by atoms with Crippen LogP contribution in [0.1, 0.15) is 11.5 Å². The first-order chi connectivity index (χ1) is 10.5. The molecule has 0 spiro atoms. The van der Waals surface area contributed by atoms with Gasteiger partial charge in [0.15, 0.2) is 0 Å². The number of oxazole rings is 1. The zero-order valence-corrected chi connectivity index (χ0v) is 12.0. The van der Waals surface area contributed by atoms with Gasteiger partial charge in [-0.15, -0.1) is 0 Å². The summed E-state index contributed by atoms with van der Waals surface area (Å²) in [6.45, 7) is 3.73. The van der Waals surface area contributed by atoms with Crippen LogP contribution >= 0.6 is 0 Å². The maximum atomic E-state index is 13.8. The Kier molecular flexibility index (Phi) is 3.89. The molecule has 22 heavy (non-hydrogen) atoms. The van der Waals surface area contributed by atoms with E-state index in [2.05, 4.69) is 10.3 Å². The van der Waals surface area contributed by atoms with Crippen molar-refractivity contribution in [3.63, 3.8) is 0 Å². The molecule has 2 heterocycles. The van der Waals surface area contributed by atoms with Crippen LogP contribution in [0.4, 0.5) is 8.78 Å². The van der Waals surface area contributed by atoms with Crippen LogP contribution < -0.4 is 5.32 Å². The molecule has 0 atom stereocenters. The first-order valence-electron chi connectivity index (χ1n) is 6.93. The lowest BCUT2D eigenvalue weighted by Crippen LogP contribution is -2.47. The summed E-state index contributed by atoms with van der Waals surface area (Å²) in [7, 11) is 0. The fraction of sp³-hybridized carbons (Fsp3) is 0.333. The van der Waals surface area contributed by atoms with E-state index in [1.165, 1.54) is 0 Å². The van der Waals surface area contributed by atoms with Gasteiger partial charge in [0.25, 0.3) is 0 Å². The van der Waals surface area contributed by atoms with Crippen LogP contribution in [0.2, 0.25) is 0 Å². The Bertz CT molecular complexity index is 715. The van der Waals surface area contributed by atoms with Crippen LogP contribution in [-0.4, -0.2) is 35.4 Å². The number of aryl methyl sites for hydroxylation is 1. The van der Waals surface area contributed by atoms with Gasteiger partial charge in [0.1, 0.15) is 17.4 Å². The molecule has 0 saturated carbocycles. The van der Waals surface area contributed by atoms with E-state index in [0.717, 1.165) is 18.2 Å². The average molecular weight is 307 g/mol. The number of hydrogen-bond donors (Lipinski definition) is 1. The number of nitrogens with one attached hydrogen (secondary N) is 1.